The van der Waals surface area contributed by atoms with E-state index in [1.165, 1.54) is 6.42 Å². The van der Waals surface area contributed by atoms with Gasteiger partial charge in [-0.15, -0.1) is 0 Å². The number of hydrogen-bond acceptors (Lipinski definition) is 2. The average molecular weight is 181 g/mol. The third-order valence-electron chi connectivity index (χ3n) is 2.05. The lowest BCUT2D eigenvalue weighted by atomic mass is 10.1. The summed E-state index contributed by atoms with van der Waals surface area (Å²) < 4.78 is 2.14. The number of nitrogens with two attached hydrogens (primary N) is 1. The minimum Gasteiger partial charge on any atom is -0.337 e. The molecular weight excluding hydrogens is 162 g/mol. The van der Waals surface area contributed by atoms with E-state index >= 15 is 0 Å². The quantitative estimate of drug-likeness (QED) is 0.746. The SMILES string of the molecule is CC(C)CCn1cnc(CCN)c1. The Morgan fingerprint density at radius 2 is 2.31 bits per heavy atom. The summed E-state index contributed by atoms with van der Waals surface area (Å²) in [6, 6.07) is 0. The van der Waals surface area contributed by atoms with Crippen molar-refractivity contribution >= 4 is 0 Å². The second kappa shape index (κ2) is 5.02. The summed E-state index contributed by atoms with van der Waals surface area (Å²) in [5.41, 5.74) is 6.55. The molecule has 0 atom stereocenters. The Bertz CT molecular complexity index is 240. The van der Waals surface area contributed by atoms with Gasteiger partial charge >= 0.3 is 0 Å². The lowest BCUT2D eigenvalue weighted by molar-refractivity contribution is 0.516. The van der Waals surface area contributed by atoms with Gasteiger partial charge in [-0.2, -0.15) is 0 Å². The van der Waals surface area contributed by atoms with Gasteiger partial charge in [-0.3, -0.25) is 0 Å². The van der Waals surface area contributed by atoms with Crippen LogP contribution in [0.25, 0.3) is 0 Å². The molecule has 0 aliphatic carbocycles. The van der Waals surface area contributed by atoms with Gasteiger partial charge in [0.15, 0.2) is 0 Å². The molecule has 0 unspecified atom stereocenters. The predicted octanol–water partition coefficient (Wildman–Crippen LogP) is 1.43. The normalized spacial score (nSPS) is 11.1. The first-order valence-corrected chi connectivity index (χ1v) is 4.93. The van der Waals surface area contributed by atoms with Crippen LogP contribution < -0.4 is 5.73 Å². The molecule has 0 radical (unpaired) electrons. The summed E-state index contributed by atoms with van der Waals surface area (Å²) in [5.74, 6) is 0.750. The Labute approximate surface area is 80.0 Å². The number of rotatable bonds is 5. The Balaban J connectivity index is 2.39. The molecule has 0 aliphatic heterocycles. The molecule has 0 aliphatic rings. The molecule has 74 valence electrons. The van der Waals surface area contributed by atoms with Crippen LogP contribution >= 0.6 is 0 Å². The fraction of sp³-hybridized carbons (Fsp3) is 0.700. The van der Waals surface area contributed by atoms with E-state index < -0.39 is 0 Å². The van der Waals surface area contributed by atoms with Crippen LogP contribution in [0.5, 0.6) is 0 Å². The van der Waals surface area contributed by atoms with Gasteiger partial charge in [0.2, 0.25) is 0 Å². The maximum atomic E-state index is 5.44. The van der Waals surface area contributed by atoms with E-state index in [1.54, 1.807) is 0 Å². The molecular formula is C10H19N3. The van der Waals surface area contributed by atoms with Crippen molar-refractivity contribution in [3.63, 3.8) is 0 Å². The highest BCUT2D eigenvalue weighted by atomic mass is 15.0. The highest BCUT2D eigenvalue weighted by Gasteiger charge is 1.98. The lowest BCUT2D eigenvalue weighted by Gasteiger charge is -2.04. The summed E-state index contributed by atoms with van der Waals surface area (Å²) >= 11 is 0. The third kappa shape index (κ3) is 3.59. The first kappa shape index (κ1) is 10.3. The fourth-order valence-electron chi connectivity index (χ4n) is 1.21. The topological polar surface area (TPSA) is 43.8 Å². The second-order valence-corrected chi connectivity index (χ2v) is 3.82. The Morgan fingerprint density at radius 1 is 1.54 bits per heavy atom. The van der Waals surface area contributed by atoms with Gasteiger partial charge in [0, 0.05) is 19.2 Å². The molecule has 1 aromatic rings. The smallest absolute Gasteiger partial charge is 0.0949 e. The van der Waals surface area contributed by atoms with Crippen LogP contribution in [0.1, 0.15) is 26.0 Å². The van der Waals surface area contributed by atoms with Crippen molar-refractivity contribution in [3.8, 4) is 0 Å². The van der Waals surface area contributed by atoms with Gasteiger partial charge in [-0.1, -0.05) is 13.8 Å². The van der Waals surface area contributed by atoms with Crippen LogP contribution in [0, 0.1) is 5.92 Å². The van der Waals surface area contributed by atoms with Crippen molar-refractivity contribution < 1.29 is 0 Å². The molecule has 1 heterocycles. The maximum absolute atomic E-state index is 5.44. The van der Waals surface area contributed by atoms with E-state index in [0.29, 0.717) is 6.54 Å². The van der Waals surface area contributed by atoms with E-state index in [9.17, 15) is 0 Å². The molecule has 1 aromatic heterocycles. The van der Waals surface area contributed by atoms with Crippen LogP contribution in [0.15, 0.2) is 12.5 Å². The zero-order valence-corrected chi connectivity index (χ0v) is 8.53. The van der Waals surface area contributed by atoms with Crippen molar-refractivity contribution in [1.82, 2.24) is 9.55 Å². The van der Waals surface area contributed by atoms with Crippen LogP contribution in [0.3, 0.4) is 0 Å². The molecule has 0 saturated heterocycles. The summed E-state index contributed by atoms with van der Waals surface area (Å²) in [6.07, 6.45) is 6.08. The molecule has 3 nitrogen and oxygen atoms in total. The number of nitrogens with zero attached hydrogens (tertiary/aromatic N) is 2. The minimum atomic E-state index is 0.682. The second-order valence-electron chi connectivity index (χ2n) is 3.82. The van der Waals surface area contributed by atoms with Crippen LogP contribution in [0.4, 0.5) is 0 Å². The zero-order chi connectivity index (χ0) is 9.68. The summed E-state index contributed by atoms with van der Waals surface area (Å²) in [4.78, 5) is 4.27. The number of imidazole rings is 1. The predicted molar refractivity (Wildman–Crippen MR) is 54.4 cm³/mol. The van der Waals surface area contributed by atoms with E-state index in [2.05, 4.69) is 29.6 Å². The molecule has 3 heteroatoms. The van der Waals surface area contributed by atoms with Crippen molar-refractivity contribution in [2.24, 2.45) is 11.7 Å². The Morgan fingerprint density at radius 3 is 2.92 bits per heavy atom. The third-order valence-corrected chi connectivity index (χ3v) is 2.05. The molecule has 2 N–H and O–H groups in total. The highest BCUT2D eigenvalue weighted by molar-refractivity contribution is 4.96. The van der Waals surface area contributed by atoms with Gasteiger partial charge < -0.3 is 10.3 Å². The van der Waals surface area contributed by atoms with Crippen molar-refractivity contribution in [2.75, 3.05) is 6.54 Å². The highest BCUT2D eigenvalue weighted by Crippen LogP contribution is 2.03. The van der Waals surface area contributed by atoms with Gasteiger partial charge in [0.1, 0.15) is 0 Å². The van der Waals surface area contributed by atoms with E-state index in [-0.39, 0.29) is 0 Å². The fourth-order valence-corrected chi connectivity index (χ4v) is 1.21. The summed E-state index contributed by atoms with van der Waals surface area (Å²) in [5, 5.41) is 0. The Kier molecular flexibility index (Phi) is 3.96. The summed E-state index contributed by atoms with van der Waals surface area (Å²) in [6.45, 7) is 6.21. The molecule has 1 rings (SSSR count). The van der Waals surface area contributed by atoms with Crippen LogP contribution in [-0.4, -0.2) is 16.1 Å². The maximum Gasteiger partial charge on any atom is 0.0949 e. The Hall–Kier alpha value is -0.830. The van der Waals surface area contributed by atoms with Crippen LogP contribution in [0.2, 0.25) is 0 Å². The molecule has 0 saturated carbocycles. The number of aryl methyl sites for hydroxylation is 1. The molecule has 0 aromatic carbocycles. The van der Waals surface area contributed by atoms with E-state index in [1.807, 2.05) is 6.33 Å². The molecule has 13 heavy (non-hydrogen) atoms. The van der Waals surface area contributed by atoms with E-state index in [4.69, 9.17) is 5.73 Å². The first-order valence-electron chi connectivity index (χ1n) is 4.93. The monoisotopic (exact) mass is 181 g/mol. The van der Waals surface area contributed by atoms with Crippen molar-refractivity contribution in [2.45, 2.75) is 33.2 Å². The number of hydrogen-bond donors (Lipinski definition) is 1. The van der Waals surface area contributed by atoms with Crippen molar-refractivity contribution in [1.29, 1.82) is 0 Å². The summed E-state index contributed by atoms with van der Waals surface area (Å²) in [7, 11) is 0. The van der Waals surface area contributed by atoms with Gasteiger partial charge in [-0.05, 0) is 18.9 Å². The molecule has 0 fully saturated rings. The average Bonchev–Trinajstić information content (AvgIpc) is 2.50. The molecule has 0 amide bonds. The van der Waals surface area contributed by atoms with E-state index in [0.717, 1.165) is 24.6 Å². The standard InChI is InChI=1S/C10H19N3/c1-9(2)4-6-13-7-10(3-5-11)12-8-13/h7-9H,3-6,11H2,1-2H3. The number of aromatic nitrogens is 2. The molecule has 0 spiro atoms. The van der Waals surface area contributed by atoms with Crippen LogP contribution in [-0.2, 0) is 13.0 Å². The molecule has 0 bridgehead atoms. The van der Waals surface area contributed by atoms with Crippen molar-refractivity contribution in [3.05, 3.63) is 18.2 Å². The van der Waals surface area contributed by atoms with Gasteiger partial charge in [0.25, 0.3) is 0 Å². The first-order chi connectivity index (χ1) is 6.22. The van der Waals surface area contributed by atoms with Gasteiger partial charge in [-0.25, -0.2) is 4.98 Å². The largest absolute Gasteiger partial charge is 0.337 e. The zero-order valence-electron chi connectivity index (χ0n) is 8.53. The minimum absolute atomic E-state index is 0.682. The van der Waals surface area contributed by atoms with Gasteiger partial charge in [0.05, 0.1) is 12.0 Å². The lowest BCUT2D eigenvalue weighted by Crippen LogP contribution is -2.03.